The Labute approximate surface area is 460 Å². The molecule has 6 aromatic rings. The molecule has 2 fully saturated rings. The zero-order valence-electron chi connectivity index (χ0n) is 42.8. The van der Waals surface area contributed by atoms with Crippen molar-refractivity contribution in [2.24, 2.45) is 16.8 Å². The van der Waals surface area contributed by atoms with Crippen molar-refractivity contribution in [2.75, 3.05) is 78.3 Å². The van der Waals surface area contributed by atoms with Crippen LogP contribution < -0.4 is 40.2 Å². The summed E-state index contributed by atoms with van der Waals surface area (Å²) in [6, 6.07) is 14.3. The molecule has 0 spiro atoms. The topological polar surface area (TPSA) is 220 Å². The lowest BCUT2D eigenvalue weighted by molar-refractivity contribution is -0.116. The molecule has 4 atom stereocenters. The first kappa shape index (κ1) is 58.2. The normalized spacial score (nSPS) is 16.5. The first-order valence-corrected chi connectivity index (χ1v) is 25.5. The number of rotatable bonds is 18. The van der Waals surface area contributed by atoms with E-state index in [4.69, 9.17) is 70.1 Å². The summed E-state index contributed by atoms with van der Waals surface area (Å²) in [5.74, 6) is 2.77. The molecule has 22 heteroatoms. The third-order valence-corrected chi connectivity index (χ3v) is 14.0. The predicted molar refractivity (Wildman–Crippen MR) is 300 cm³/mol. The molecule has 0 saturated carbocycles. The van der Waals surface area contributed by atoms with E-state index < -0.39 is 0 Å². The number of nitrogens with zero attached hydrogens (tertiary/aromatic N) is 6. The predicted octanol–water partition coefficient (Wildman–Crippen LogP) is 10.3. The first-order valence-electron chi connectivity index (χ1n) is 24.0. The van der Waals surface area contributed by atoms with Gasteiger partial charge < -0.3 is 45.1 Å². The number of anilines is 2. The Morgan fingerprint density at radius 3 is 1.57 bits per heavy atom. The lowest BCUT2D eigenvalue weighted by atomic mass is 9.97. The van der Waals surface area contributed by atoms with Gasteiger partial charge in [0.15, 0.2) is 11.6 Å². The van der Waals surface area contributed by atoms with E-state index in [0.29, 0.717) is 104 Å². The Kier molecular flexibility index (Phi) is 21.2. The number of benzene rings is 4. The zero-order valence-corrected chi connectivity index (χ0v) is 45.8. The lowest BCUT2D eigenvalue weighted by Gasteiger charge is -2.19. The van der Waals surface area contributed by atoms with Crippen LogP contribution in [0.25, 0.3) is 44.1 Å². The number of urea groups is 1. The van der Waals surface area contributed by atoms with Gasteiger partial charge in [-0.2, -0.15) is 0 Å². The van der Waals surface area contributed by atoms with Crippen LogP contribution in [0.3, 0.4) is 0 Å². The van der Waals surface area contributed by atoms with Crippen molar-refractivity contribution < 1.29 is 38.1 Å². The van der Waals surface area contributed by atoms with Crippen molar-refractivity contribution in [1.82, 2.24) is 35.5 Å². The number of methoxy groups -OCH3 is 4. The number of hydrogen-bond acceptors (Lipinski definition) is 16. The van der Waals surface area contributed by atoms with E-state index in [0.717, 1.165) is 40.5 Å². The fourth-order valence-corrected chi connectivity index (χ4v) is 10.1. The molecule has 76 heavy (non-hydrogen) atoms. The van der Waals surface area contributed by atoms with Gasteiger partial charge in [0.2, 0.25) is 18.0 Å². The summed E-state index contributed by atoms with van der Waals surface area (Å²) in [5.41, 5.74) is 4.21. The average molecular weight is 1120 g/mol. The smallest absolute Gasteiger partial charge is 0.317 e. The third kappa shape index (κ3) is 14.1. The number of aliphatic imine (C=N–C) groups is 1. The summed E-state index contributed by atoms with van der Waals surface area (Å²) in [7, 11) is 6.13. The van der Waals surface area contributed by atoms with Gasteiger partial charge >= 0.3 is 6.03 Å². The molecule has 0 bridgehead atoms. The van der Waals surface area contributed by atoms with Crippen molar-refractivity contribution in [3.8, 4) is 45.3 Å². The zero-order chi connectivity index (χ0) is 55.1. The molecule has 2 amide bonds. The van der Waals surface area contributed by atoms with E-state index in [1.807, 2.05) is 43.3 Å². The number of halogens is 4. The van der Waals surface area contributed by atoms with Crippen molar-refractivity contribution in [3.63, 3.8) is 0 Å². The number of aromatic nitrogens is 4. The Balaban J connectivity index is 0.000000228. The van der Waals surface area contributed by atoms with E-state index in [9.17, 15) is 14.4 Å². The maximum Gasteiger partial charge on any atom is 0.317 e. The number of likely N-dealkylation sites (tertiary alicyclic amines) is 1. The van der Waals surface area contributed by atoms with Crippen LogP contribution in [0.5, 0.6) is 23.0 Å². The van der Waals surface area contributed by atoms with Crippen LogP contribution in [0.4, 0.5) is 16.7 Å². The van der Waals surface area contributed by atoms with E-state index in [-0.39, 0.29) is 47.9 Å². The second-order valence-electron chi connectivity index (χ2n) is 17.2. The number of carbonyl (C=O) groups is 3. The number of amides is 2. The average Bonchev–Trinajstić information content (AvgIpc) is 4.04. The first-order chi connectivity index (χ1) is 36.6. The number of fused-ring (bicyclic) bond motifs is 2. The Morgan fingerprint density at radius 2 is 1.16 bits per heavy atom. The van der Waals surface area contributed by atoms with E-state index in [1.54, 1.807) is 50.6 Å². The molecule has 0 radical (unpaired) electrons. The van der Waals surface area contributed by atoms with Gasteiger partial charge in [-0.3, -0.25) is 9.59 Å². The van der Waals surface area contributed by atoms with E-state index in [2.05, 4.69) is 59.4 Å². The summed E-state index contributed by atoms with van der Waals surface area (Å²) < 4.78 is 21.5. The van der Waals surface area contributed by atoms with Crippen molar-refractivity contribution in [2.45, 2.75) is 38.8 Å². The largest absolute Gasteiger partial charge is 0.495 e. The Hall–Kier alpha value is -7.05. The Morgan fingerprint density at radius 1 is 0.697 bits per heavy atom. The number of ether oxygens (including phenoxy) is 4. The molecule has 8 rings (SSSR count). The molecule has 4 N–H and O–H groups in total. The standard InChI is InChI=1S/C27H29Cl2N5O4.C24H24Cl2N4O3.C3H5NO/c1-5-18(35)10-17-13-34(27(36)30-6-2)14-20(17)33-26-31-12-16-9-15(7-8-19(16)32-26)23-24(28)21(37-3)11-22(38-4)25(23)29;1-4-16(31)8-15-10-27-12-18(15)30-24-28-11-14-7-13(5-6-17(14)29-24)21-22(25)19(32-2)9-20(33-3)23(21)26;1-2-4-3-5/h5,7-9,11-12,17,20H,1,6,10,13-14H2,2-4H3,(H,30,36)(H,31,32,33);4-7,9,11,15,18,27H,1,8,10,12H2,2-3H3,(H,28,29,30);2H2,1H3. The highest BCUT2D eigenvalue weighted by Gasteiger charge is 2.36. The highest BCUT2D eigenvalue weighted by molar-refractivity contribution is 6.42. The minimum atomic E-state index is -0.194. The van der Waals surface area contributed by atoms with Gasteiger partial charge in [0.25, 0.3) is 0 Å². The highest BCUT2D eigenvalue weighted by atomic mass is 35.5. The minimum Gasteiger partial charge on any atom is -0.495 e. The number of carbonyl (C=O) groups excluding carboxylic acids is 4. The molecule has 400 valence electrons. The molecule has 18 nitrogen and oxygen atoms in total. The number of ketones is 2. The monoisotopic (exact) mass is 1110 g/mol. The van der Waals surface area contributed by atoms with Crippen LogP contribution in [-0.2, 0) is 14.4 Å². The molecular formula is C54H58Cl4N10O8. The van der Waals surface area contributed by atoms with Gasteiger partial charge in [-0.05, 0) is 61.4 Å². The van der Waals surface area contributed by atoms with Gasteiger partial charge in [0.05, 0.1) is 65.6 Å². The number of hydrogen-bond donors (Lipinski definition) is 4. The van der Waals surface area contributed by atoms with E-state index >= 15 is 0 Å². The van der Waals surface area contributed by atoms with Crippen molar-refractivity contribution in [3.05, 3.63) is 106 Å². The number of isocyanates is 1. The molecule has 4 unspecified atom stereocenters. The van der Waals surface area contributed by atoms with Gasteiger partial charge in [0.1, 0.15) is 23.0 Å². The van der Waals surface area contributed by atoms with Crippen LogP contribution in [0.1, 0.15) is 26.7 Å². The number of allylic oxidation sites excluding steroid dienone is 2. The molecule has 0 aliphatic carbocycles. The van der Waals surface area contributed by atoms with Crippen molar-refractivity contribution in [1.29, 1.82) is 0 Å². The van der Waals surface area contributed by atoms with Gasteiger partial charge in [0, 0.05) is 116 Å². The fraction of sp³-hybridized carbons (Fsp3) is 0.333. The minimum absolute atomic E-state index is 0.0361. The molecule has 2 aromatic heterocycles. The molecule has 2 aliphatic heterocycles. The van der Waals surface area contributed by atoms with Crippen LogP contribution in [-0.4, -0.2) is 128 Å². The quantitative estimate of drug-likeness (QED) is 0.0357. The molecular weight excluding hydrogens is 1060 g/mol. The Bertz CT molecular complexity index is 3100. The molecule has 4 aromatic carbocycles. The molecule has 2 saturated heterocycles. The molecule has 4 heterocycles. The highest BCUT2D eigenvalue weighted by Crippen LogP contribution is 2.48. The van der Waals surface area contributed by atoms with Crippen LogP contribution in [0, 0.1) is 11.8 Å². The summed E-state index contributed by atoms with van der Waals surface area (Å²) in [4.78, 5) is 68.6. The van der Waals surface area contributed by atoms with Crippen molar-refractivity contribution >= 4 is 104 Å². The maximum atomic E-state index is 12.4. The fourth-order valence-electron chi connectivity index (χ4n) is 8.66. The van der Waals surface area contributed by atoms with Crippen LogP contribution in [0.2, 0.25) is 20.1 Å². The SMILES string of the molecule is C=CC(=O)CC1CN(C(=O)NCC)CC1Nc1ncc2cc(-c3c(Cl)c(OC)cc(OC)c3Cl)ccc2n1.C=CC(=O)CC1CNCC1Nc1ncc2cc(-c3c(Cl)c(OC)cc(OC)c3Cl)ccc2n1.CCN=C=O. The van der Waals surface area contributed by atoms with Crippen LogP contribution >= 0.6 is 46.4 Å². The van der Waals surface area contributed by atoms with Gasteiger partial charge in [-0.1, -0.05) is 71.7 Å². The second-order valence-corrected chi connectivity index (χ2v) is 18.7. The second kappa shape index (κ2) is 27.7. The maximum absolute atomic E-state index is 12.4. The van der Waals surface area contributed by atoms with Crippen LogP contribution in [0.15, 0.2) is 91.2 Å². The summed E-state index contributed by atoms with van der Waals surface area (Å²) in [6.45, 7) is 14.2. The van der Waals surface area contributed by atoms with Gasteiger partial charge in [-0.25, -0.2) is 34.5 Å². The third-order valence-electron chi connectivity index (χ3n) is 12.5. The molecule has 2 aliphatic rings. The van der Waals surface area contributed by atoms with E-state index in [1.165, 1.54) is 32.5 Å². The summed E-state index contributed by atoms with van der Waals surface area (Å²) in [5, 5.41) is 16.0. The van der Waals surface area contributed by atoms with Gasteiger partial charge in [-0.15, -0.1) is 0 Å². The number of nitrogens with one attached hydrogen (secondary N) is 4. The summed E-state index contributed by atoms with van der Waals surface area (Å²) >= 11 is 26.3. The summed E-state index contributed by atoms with van der Waals surface area (Å²) in [6.07, 6.45) is 8.25. The lowest BCUT2D eigenvalue weighted by Crippen LogP contribution is -2.39.